The van der Waals surface area contributed by atoms with Crippen LogP contribution in [0.2, 0.25) is 0 Å². The Balaban J connectivity index is 1.70. The molecule has 0 atom stereocenters. The van der Waals surface area contributed by atoms with E-state index in [1.165, 1.54) is 30.8 Å². The molecule has 0 radical (unpaired) electrons. The third-order valence-corrected chi connectivity index (χ3v) is 8.29. The lowest BCUT2D eigenvalue weighted by Gasteiger charge is -2.23. The Labute approximate surface area is 224 Å². The number of carbonyl (C=O) groups excluding carboxylic acids is 1. The normalized spacial score (nSPS) is 11.5. The number of fused-ring (bicyclic) bond motifs is 1. The Kier molecular flexibility index (Phi) is 7.93. The summed E-state index contributed by atoms with van der Waals surface area (Å²) in [5.41, 5.74) is 1.97. The van der Waals surface area contributed by atoms with E-state index in [1.54, 1.807) is 35.8 Å². The number of nitrogens with zero attached hydrogens (tertiary/aromatic N) is 3. The maximum absolute atomic E-state index is 14.8. The molecule has 0 unspecified atom stereocenters. The van der Waals surface area contributed by atoms with Crippen LogP contribution in [0.5, 0.6) is 11.5 Å². The Morgan fingerprint density at radius 3 is 2.58 bits per heavy atom. The zero-order valence-corrected chi connectivity index (χ0v) is 23.3. The quantitative estimate of drug-likeness (QED) is 0.255. The van der Waals surface area contributed by atoms with Crippen LogP contribution in [0.4, 0.5) is 10.1 Å². The van der Waals surface area contributed by atoms with E-state index >= 15 is 0 Å². The van der Waals surface area contributed by atoms with Gasteiger partial charge < -0.3 is 18.8 Å². The summed E-state index contributed by atoms with van der Waals surface area (Å²) < 4.78 is 59.3. The number of carbonyl (C=O) groups is 1. The van der Waals surface area contributed by atoms with Crippen LogP contribution in [0.15, 0.2) is 42.6 Å². The average Bonchev–Trinajstić information content (AvgIpc) is 3.45. The highest BCUT2D eigenvalue weighted by Crippen LogP contribution is 2.37. The van der Waals surface area contributed by atoms with E-state index in [1.807, 2.05) is 13.0 Å². The van der Waals surface area contributed by atoms with E-state index in [2.05, 4.69) is 4.98 Å². The molecule has 4 aromatic rings. The van der Waals surface area contributed by atoms with Crippen molar-refractivity contribution >= 4 is 43.9 Å². The maximum atomic E-state index is 14.8. The minimum atomic E-state index is -3.71. The monoisotopic (exact) mass is 561 g/mol. The fraction of sp³-hybridized carbons (Fsp3) is 0.308. The Morgan fingerprint density at radius 2 is 1.92 bits per heavy atom. The van der Waals surface area contributed by atoms with Crippen molar-refractivity contribution in [2.75, 3.05) is 37.9 Å². The van der Waals surface area contributed by atoms with Gasteiger partial charge in [-0.2, -0.15) is 0 Å². The van der Waals surface area contributed by atoms with Crippen LogP contribution >= 0.6 is 11.3 Å². The topological polar surface area (TPSA) is 100.0 Å². The van der Waals surface area contributed by atoms with Crippen molar-refractivity contribution in [3.8, 4) is 22.1 Å². The summed E-state index contributed by atoms with van der Waals surface area (Å²) in [5.74, 6) is -0.0402. The summed E-state index contributed by atoms with van der Waals surface area (Å²) in [6.07, 6.45) is 2.62. The predicted octanol–water partition coefficient (Wildman–Crippen LogP) is 4.87. The lowest BCUT2D eigenvalue weighted by atomic mass is 10.2. The van der Waals surface area contributed by atoms with Crippen LogP contribution < -0.4 is 13.8 Å². The van der Waals surface area contributed by atoms with Crippen molar-refractivity contribution in [2.45, 2.75) is 20.4 Å². The highest BCUT2D eigenvalue weighted by Gasteiger charge is 2.23. The Morgan fingerprint density at radius 1 is 1.16 bits per heavy atom. The van der Waals surface area contributed by atoms with Gasteiger partial charge in [0.25, 0.3) is 0 Å². The van der Waals surface area contributed by atoms with Crippen molar-refractivity contribution in [1.29, 1.82) is 0 Å². The second-order valence-corrected chi connectivity index (χ2v) is 11.4. The third-order valence-electron chi connectivity index (χ3n) is 5.98. The molecule has 0 aliphatic heterocycles. The van der Waals surface area contributed by atoms with Crippen LogP contribution in [0.3, 0.4) is 0 Å². The number of aromatic nitrogens is 2. The molecule has 0 fully saturated rings. The number of anilines is 1. The first-order valence-electron chi connectivity index (χ1n) is 11.7. The number of benzene rings is 1. The second-order valence-electron chi connectivity index (χ2n) is 8.41. The van der Waals surface area contributed by atoms with Gasteiger partial charge in [0.1, 0.15) is 17.3 Å². The number of pyridine rings is 1. The zero-order chi connectivity index (χ0) is 27.6. The van der Waals surface area contributed by atoms with Gasteiger partial charge >= 0.3 is 5.97 Å². The molecule has 1 aromatic carbocycles. The van der Waals surface area contributed by atoms with Crippen molar-refractivity contribution in [2.24, 2.45) is 0 Å². The van der Waals surface area contributed by atoms with Crippen molar-refractivity contribution in [3.63, 3.8) is 0 Å². The molecule has 0 saturated carbocycles. The first kappa shape index (κ1) is 27.4. The number of thiophene rings is 1. The van der Waals surface area contributed by atoms with Crippen molar-refractivity contribution < 1.29 is 31.8 Å². The van der Waals surface area contributed by atoms with Gasteiger partial charge in [0.15, 0.2) is 4.88 Å². The van der Waals surface area contributed by atoms with Gasteiger partial charge in [-0.3, -0.25) is 9.29 Å². The molecule has 9 nitrogen and oxygen atoms in total. The molecule has 0 saturated heterocycles. The van der Waals surface area contributed by atoms with E-state index < -0.39 is 21.8 Å². The van der Waals surface area contributed by atoms with Crippen molar-refractivity contribution in [1.82, 2.24) is 9.55 Å². The molecule has 12 heteroatoms. The van der Waals surface area contributed by atoms with Gasteiger partial charge in [-0.05, 0) is 44.2 Å². The summed E-state index contributed by atoms with van der Waals surface area (Å²) in [5, 5.41) is 0.617. The average molecular weight is 562 g/mol. The van der Waals surface area contributed by atoms with Crippen LogP contribution in [0.1, 0.15) is 22.3 Å². The smallest absolute Gasteiger partial charge is 0.351 e. The first-order chi connectivity index (χ1) is 18.1. The van der Waals surface area contributed by atoms with E-state index in [0.29, 0.717) is 50.1 Å². The van der Waals surface area contributed by atoms with E-state index in [4.69, 9.17) is 14.2 Å². The molecule has 0 aliphatic carbocycles. The molecule has 3 heterocycles. The maximum Gasteiger partial charge on any atom is 0.351 e. The van der Waals surface area contributed by atoms with E-state index in [0.717, 1.165) is 23.3 Å². The molecule has 202 valence electrons. The molecular formula is C26H28FN3O6S2. The Bertz CT molecular complexity index is 1600. The second kappa shape index (κ2) is 11.0. The fourth-order valence-electron chi connectivity index (χ4n) is 4.29. The number of aryl methyl sites for hydroxylation is 1. The largest absolute Gasteiger partial charge is 0.496 e. The van der Waals surface area contributed by atoms with Gasteiger partial charge in [-0.1, -0.05) is 0 Å². The summed E-state index contributed by atoms with van der Waals surface area (Å²) in [7, 11) is -0.902. The molecular weight excluding hydrogens is 533 g/mol. The third kappa shape index (κ3) is 5.32. The highest BCUT2D eigenvalue weighted by molar-refractivity contribution is 7.92. The number of esters is 1. The fourth-order valence-corrected chi connectivity index (χ4v) is 6.19. The summed E-state index contributed by atoms with van der Waals surface area (Å²) in [4.78, 5) is 17.5. The van der Waals surface area contributed by atoms with E-state index in [-0.39, 0.29) is 13.1 Å². The van der Waals surface area contributed by atoms with Crippen LogP contribution in [0.25, 0.3) is 21.5 Å². The van der Waals surface area contributed by atoms with Crippen LogP contribution in [-0.2, 0) is 21.3 Å². The number of hydrogen-bond donors (Lipinski definition) is 0. The van der Waals surface area contributed by atoms with E-state index in [9.17, 15) is 17.6 Å². The lowest BCUT2D eigenvalue weighted by Crippen LogP contribution is -2.33. The summed E-state index contributed by atoms with van der Waals surface area (Å²) >= 11 is 1.15. The molecule has 0 bridgehead atoms. The molecule has 0 spiro atoms. The molecule has 3 aromatic heterocycles. The number of halogens is 1. The minimum absolute atomic E-state index is 0.0472. The molecule has 4 rings (SSSR count). The SMILES string of the molecule is CCOc1cc(-c2cc(N(CCn3c(C)cc4c(OC)ccc(F)c43)S(C)(=O)=O)ccn2)sc1C(=O)OC. The highest BCUT2D eigenvalue weighted by atomic mass is 32.2. The summed E-state index contributed by atoms with van der Waals surface area (Å²) in [6, 6.07) is 9.62. The first-order valence-corrected chi connectivity index (χ1v) is 14.4. The molecule has 0 amide bonds. The minimum Gasteiger partial charge on any atom is -0.496 e. The molecule has 0 aliphatic rings. The molecule has 0 N–H and O–H groups in total. The number of ether oxygens (including phenoxy) is 3. The molecule has 38 heavy (non-hydrogen) atoms. The zero-order valence-electron chi connectivity index (χ0n) is 21.6. The van der Waals surface area contributed by atoms with Gasteiger partial charge in [-0.15, -0.1) is 11.3 Å². The lowest BCUT2D eigenvalue weighted by molar-refractivity contribution is 0.0602. The van der Waals surface area contributed by atoms with Gasteiger partial charge in [0, 0.05) is 29.9 Å². The van der Waals surface area contributed by atoms with Crippen LogP contribution in [0, 0.1) is 12.7 Å². The van der Waals surface area contributed by atoms with Gasteiger partial charge in [-0.25, -0.2) is 17.6 Å². The number of hydrogen-bond acceptors (Lipinski definition) is 8. The van der Waals surface area contributed by atoms with Gasteiger partial charge in [0.05, 0.1) is 55.4 Å². The number of rotatable bonds is 10. The number of methoxy groups -OCH3 is 2. The van der Waals surface area contributed by atoms with Crippen molar-refractivity contribution in [3.05, 3.63) is 59.0 Å². The number of sulfonamides is 1. The predicted molar refractivity (Wildman–Crippen MR) is 145 cm³/mol. The van der Waals surface area contributed by atoms with Gasteiger partial charge in [0.2, 0.25) is 10.0 Å². The Hall–Kier alpha value is -3.64. The summed E-state index contributed by atoms with van der Waals surface area (Å²) in [6.45, 7) is 4.24. The van der Waals surface area contributed by atoms with Crippen LogP contribution in [-0.4, -0.2) is 57.6 Å². The standard InChI is InChI=1S/C26H28FN3O6S2/c1-6-36-22-15-23(37-25(22)26(31)35-4)20-14-17(9-10-28-20)30(38(5,32)33)12-11-29-16(2)13-18-21(34-3)8-7-19(27)24(18)29/h7-10,13-15H,6,11-12H2,1-5H3.